The van der Waals surface area contributed by atoms with Crippen LogP contribution in [0.4, 0.5) is 0 Å². The summed E-state index contributed by atoms with van der Waals surface area (Å²) in [5.74, 6) is 0.704. The molecule has 3 nitrogen and oxygen atoms in total. The molecule has 100 valence electrons. The monoisotopic (exact) mass is 249 g/mol. The smallest absolute Gasteiger partial charge is 0.164 e. The summed E-state index contributed by atoms with van der Waals surface area (Å²) < 4.78 is 11.6. The van der Waals surface area contributed by atoms with Crippen molar-refractivity contribution in [2.24, 2.45) is 17.6 Å². The zero-order valence-corrected chi connectivity index (χ0v) is 11.0. The van der Waals surface area contributed by atoms with Gasteiger partial charge in [0.15, 0.2) is 6.29 Å². The van der Waals surface area contributed by atoms with Crippen molar-refractivity contribution in [1.29, 1.82) is 0 Å². The Balaban J connectivity index is 1.84. The molecule has 0 amide bonds. The lowest BCUT2D eigenvalue weighted by Crippen LogP contribution is -2.54. The molecule has 2 fully saturated rings. The third kappa shape index (κ3) is 1.94. The number of fused-ring (bicyclic) bond motifs is 1. The maximum atomic E-state index is 6.65. The molecule has 2 N–H and O–H groups in total. The van der Waals surface area contributed by atoms with Crippen molar-refractivity contribution in [2.45, 2.75) is 50.0 Å². The number of rotatable bonds is 2. The molecule has 3 heteroatoms. The SMILES string of the molecule is CO[C@@H]1O[C@H](C2(N)CCCCC2)[C@@H]2C=CC=C[C@H]12. The lowest BCUT2D eigenvalue weighted by Gasteiger charge is -2.40. The van der Waals surface area contributed by atoms with Crippen molar-refractivity contribution in [3.63, 3.8) is 0 Å². The number of hydrogen-bond acceptors (Lipinski definition) is 3. The predicted molar refractivity (Wildman–Crippen MR) is 70.9 cm³/mol. The quantitative estimate of drug-likeness (QED) is 0.817. The number of methoxy groups -OCH3 is 1. The van der Waals surface area contributed by atoms with Gasteiger partial charge in [-0.2, -0.15) is 0 Å². The first-order valence-electron chi connectivity index (χ1n) is 7.07. The molecule has 3 rings (SSSR count). The lowest BCUT2D eigenvalue weighted by atomic mass is 9.72. The van der Waals surface area contributed by atoms with Crippen LogP contribution in [0.1, 0.15) is 32.1 Å². The molecule has 1 saturated carbocycles. The van der Waals surface area contributed by atoms with Gasteiger partial charge >= 0.3 is 0 Å². The van der Waals surface area contributed by atoms with E-state index in [1.54, 1.807) is 7.11 Å². The number of hydrogen-bond donors (Lipinski definition) is 1. The Morgan fingerprint density at radius 2 is 1.78 bits per heavy atom. The Labute approximate surface area is 109 Å². The number of ether oxygens (including phenoxy) is 2. The molecule has 0 aromatic rings. The lowest BCUT2D eigenvalue weighted by molar-refractivity contribution is -0.142. The van der Waals surface area contributed by atoms with Crippen LogP contribution in [0.3, 0.4) is 0 Å². The summed E-state index contributed by atoms with van der Waals surface area (Å²) in [6, 6.07) is 0. The molecule has 1 saturated heterocycles. The van der Waals surface area contributed by atoms with Crippen molar-refractivity contribution in [1.82, 2.24) is 0 Å². The molecule has 2 aliphatic carbocycles. The zero-order chi connectivity index (χ0) is 12.6. The Morgan fingerprint density at radius 1 is 1.11 bits per heavy atom. The van der Waals surface area contributed by atoms with Crippen LogP contribution in [0.5, 0.6) is 0 Å². The highest BCUT2D eigenvalue weighted by molar-refractivity contribution is 5.21. The van der Waals surface area contributed by atoms with Gasteiger partial charge in [-0.1, -0.05) is 43.6 Å². The molecule has 1 heterocycles. The average Bonchev–Trinajstić information content (AvgIpc) is 2.79. The number of nitrogens with two attached hydrogens (primary N) is 1. The Bertz CT molecular complexity index is 358. The van der Waals surface area contributed by atoms with Crippen LogP contribution in [0, 0.1) is 11.8 Å². The van der Waals surface area contributed by atoms with Crippen LogP contribution >= 0.6 is 0 Å². The summed E-state index contributed by atoms with van der Waals surface area (Å²) in [6.07, 6.45) is 14.5. The molecule has 18 heavy (non-hydrogen) atoms. The highest BCUT2D eigenvalue weighted by atomic mass is 16.7. The summed E-state index contributed by atoms with van der Waals surface area (Å²) in [5, 5.41) is 0. The van der Waals surface area contributed by atoms with Crippen molar-refractivity contribution in [2.75, 3.05) is 7.11 Å². The normalized spacial score (nSPS) is 41.9. The van der Waals surface area contributed by atoms with E-state index in [1.807, 2.05) is 0 Å². The second-order valence-corrected chi connectivity index (χ2v) is 5.88. The minimum absolute atomic E-state index is 0.106. The van der Waals surface area contributed by atoms with Gasteiger partial charge < -0.3 is 15.2 Å². The third-order valence-corrected chi connectivity index (χ3v) is 4.75. The van der Waals surface area contributed by atoms with Crippen LogP contribution in [0.15, 0.2) is 24.3 Å². The van der Waals surface area contributed by atoms with Gasteiger partial charge in [-0.25, -0.2) is 0 Å². The topological polar surface area (TPSA) is 44.5 Å². The van der Waals surface area contributed by atoms with Gasteiger partial charge in [0, 0.05) is 24.5 Å². The fourth-order valence-electron chi connectivity index (χ4n) is 3.77. The second kappa shape index (κ2) is 4.80. The molecular formula is C15H23NO2. The van der Waals surface area contributed by atoms with Gasteiger partial charge in [0.2, 0.25) is 0 Å². The average molecular weight is 249 g/mol. The maximum Gasteiger partial charge on any atom is 0.164 e. The van der Waals surface area contributed by atoms with E-state index in [0.717, 1.165) is 12.8 Å². The highest BCUT2D eigenvalue weighted by Crippen LogP contribution is 2.44. The van der Waals surface area contributed by atoms with Gasteiger partial charge in [-0.05, 0) is 12.8 Å². The molecule has 0 bridgehead atoms. The van der Waals surface area contributed by atoms with Crippen molar-refractivity contribution in [3.8, 4) is 0 Å². The largest absolute Gasteiger partial charge is 0.355 e. The molecule has 0 spiro atoms. The van der Waals surface area contributed by atoms with E-state index in [0.29, 0.717) is 11.8 Å². The Hall–Kier alpha value is -0.640. The predicted octanol–water partition coefficient (Wildman–Crippen LogP) is 2.38. The standard InChI is InChI=1S/C15H23NO2/c1-17-14-12-8-4-3-7-11(12)13(18-14)15(16)9-5-2-6-10-15/h3-4,7-8,11-14H,2,5-6,9-10,16H2,1H3/t11-,12+,13+,14-/m1/s1. The van der Waals surface area contributed by atoms with Gasteiger partial charge in [0.1, 0.15) is 0 Å². The van der Waals surface area contributed by atoms with Gasteiger partial charge in [-0.3, -0.25) is 0 Å². The minimum Gasteiger partial charge on any atom is -0.355 e. The molecule has 4 atom stereocenters. The van der Waals surface area contributed by atoms with E-state index in [-0.39, 0.29) is 17.9 Å². The highest BCUT2D eigenvalue weighted by Gasteiger charge is 2.51. The van der Waals surface area contributed by atoms with Crippen molar-refractivity contribution >= 4 is 0 Å². The first-order valence-corrected chi connectivity index (χ1v) is 7.07. The van der Waals surface area contributed by atoms with Crippen LogP contribution in [-0.4, -0.2) is 25.0 Å². The first-order chi connectivity index (χ1) is 8.74. The van der Waals surface area contributed by atoms with Crippen LogP contribution in [0.25, 0.3) is 0 Å². The fourth-order valence-corrected chi connectivity index (χ4v) is 3.77. The van der Waals surface area contributed by atoms with E-state index in [2.05, 4.69) is 24.3 Å². The Kier molecular flexibility index (Phi) is 3.31. The van der Waals surface area contributed by atoms with Gasteiger partial charge in [0.05, 0.1) is 6.10 Å². The van der Waals surface area contributed by atoms with Gasteiger partial charge in [0.25, 0.3) is 0 Å². The molecule has 3 aliphatic rings. The third-order valence-electron chi connectivity index (χ3n) is 4.75. The van der Waals surface area contributed by atoms with Crippen LogP contribution in [0.2, 0.25) is 0 Å². The summed E-state index contributed by atoms with van der Waals surface area (Å²) in [7, 11) is 1.72. The van der Waals surface area contributed by atoms with Crippen molar-refractivity contribution in [3.05, 3.63) is 24.3 Å². The van der Waals surface area contributed by atoms with E-state index < -0.39 is 0 Å². The molecule has 0 aromatic carbocycles. The van der Waals surface area contributed by atoms with E-state index in [1.165, 1.54) is 19.3 Å². The molecular weight excluding hydrogens is 226 g/mol. The van der Waals surface area contributed by atoms with E-state index >= 15 is 0 Å². The summed E-state index contributed by atoms with van der Waals surface area (Å²) in [4.78, 5) is 0. The first kappa shape index (κ1) is 12.4. The molecule has 0 unspecified atom stereocenters. The molecule has 0 radical (unpaired) electrons. The maximum absolute atomic E-state index is 6.65. The van der Waals surface area contributed by atoms with E-state index in [9.17, 15) is 0 Å². The molecule has 1 aliphatic heterocycles. The van der Waals surface area contributed by atoms with Crippen molar-refractivity contribution < 1.29 is 9.47 Å². The van der Waals surface area contributed by atoms with Crippen LogP contribution < -0.4 is 5.73 Å². The Morgan fingerprint density at radius 3 is 2.44 bits per heavy atom. The summed E-state index contributed by atoms with van der Waals surface area (Å²) >= 11 is 0. The summed E-state index contributed by atoms with van der Waals surface area (Å²) in [6.45, 7) is 0. The van der Waals surface area contributed by atoms with E-state index in [4.69, 9.17) is 15.2 Å². The van der Waals surface area contributed by atoms with Crippen LogP contribution in [-0.2, 0) is 9.47 Å². The minimum atomic E-state index is -0.163. The van der Waals surface area contributed by atoms with Gasteiger partial charge in [-0.15, -0.1) is 0 Å². The zero-order valence-electron chi connectivity index (χ0n) is 11.0. The molecule has 0 aromatic heterocycles. The second-order valence-electron chi connectivity index (χ2n) is 5.88. The summed E-state index contributed by atoms with van der Waals surface area (Å²) in [5.41, 5.74) is 6.49. The number of allylic oxidation sites excluding steroid dienone is 2. The fraction of sp³-hybridized carbons (Fsp3) is 0.733.